The first-order chi connectivity index (χ1) is 8.01. The van der Waals surface area contributed by atoms with Crippen LogP contribution >= 0.6 is 0 Å². The Bertz CT molecular complexity index is 422. The molecule has 0 saturated carbocycles. The number of hydrogen-bond acceptors (Lipinski definition) is 3. The number of aryl methyl sites for hydroxylation is 1. The summed E-state index contributed by atoms with van der Waals surface area (Å²) in [6.45, 7) is 2.55. The van der Waals surface area contributed by atoms with E-state index in [1.54, 1.807) is 0 Å². The minimum absolute atomic E-state index is 0.203. The first-order valence-corrected chi connectivity index (χ1v) is 7.29. The Morgan fingerprint density at radius 1 is 1.18 bits per heavy atom. The molecule has 0 atom stereocenters. The molecule has 0 aliphatic heterocycles. The third-order valence-electron chi connectivity index (χ3n) is 2.40. The van der Waals surface area contributed by atoms with Crippen LogP contribution in [-0.4, -0.2) is 25.3 Å². The van der Waals surface area contributed by atoms with Crippen molar-refractivity contribution in [3.63, 3.8) is 0 Å². The maximum Gasteiger partial charge on any atom is 0.264 e. The molecule has 0 radical (unpaired) electrons. The predicted molar refractivity (Wildman–Crippen MR) is 67.0 cm³/mol. The van der Waals surface area contributed by atoms with E-state index in [1.807, 2.05) is 24.3 Å². The van der Waals surface area contributed by atoms with Crippen molar-refractivity contribution < 1.29 is 17.7 Å². The van der Waals surface area contributed by atoms with Crippen molar-refractivity contribution in [1.29, 1.82) is 0 Å². The Hall–Kier alpha value is -1.07. The minimum Gasteiger partial charge on any atom is -0.494 e. The number of benzene rings is 1. The van der Waals surface area contributed by atoms with Crippen LogP contribution in [0.4, 0.5) is 0 Å². The van der Waals surface area contributed by atoms with Gasteiger partial charge in [0.25, 0.3) is 10.1 Å². The molecule has 0 unspecified atom stereocenters. The normalized spacial score (nSPS) is 11.4. The molecule has 5 heteroatoms. The maximum absolute atomic E-state index is 10.4. The summed E-state index contributed by atoms with van der Waals surface area (Å²) >= 11 is 0. The van der Waals surface area contributed by atoms with Crippen LogP contribution in [0, 0.1) is 0 Å². The number of unbranched alkanes of at least 4 members (excludes halogenated alkanes) is 1. The van der Waals surface area contributed by atoms with Crippen molar-refractivity contribution in [2.24, 2.45) is 0 Å². The lowest BCUT2D eigenvalue weighted by Crippen LogP contribution is -2.06. The van der Waals surface area contributed by atoms with Crippen LogP contribution in [0.1, 0.15) is 25.3 Å². The van der Waals surface area contributed by atoms with Gasteiger partial charge < -0.3 is 4.74 Å². The van der Waals surface area contributed by atoms with Crippen molar-refractivity contribution in [2.45, 2.75) is 26.2 Å². The summed E-state index contributed by atoms with van der Waals surface area (Å²) in [6, 6.07) is 7.82. The summed E-state index contributed by atoms with van der Waals surface area (Å²) in [4.78, 5) is 0. The summed E-state index contributed by atoms with van der Waals surface area (Å²) in [5, 5.41) is 0. The Balaban J connectivity index is 2.22. The fourth-order valence-electron chi connectivity index (χ4n) is 1.40. The van der Waals surface area contributed by atoms with Gasteiger partial charge in [-0.25, -0.2) is 0 Å². The monoisotopic (exact) mass is 258 g/mol. The smallest absolute Gasteiger partial charge is 0.264 e. The zero-order chi connectivity index (χ0) is 12.7. The Labute approximate surface area is 102 Å². The summed E-state index contributed by atoms with van der Waals surface area (Å²) in [5.74, 6) is 0.583. The van der Waals surface area contributed by atoms with Gasteiger partial charge in [0.15, 0.2) is 0 Å². The molecule has 0 bridgehead atoms. The van der Waals surface area contributed by atoms with Gasteiger partial charge in [0.05, 0.1) is 12.4 Å². The fraction of sp³-hybridized carbons (Fsp3) is 0.500. The Kier molecular flexibility index (Phi) is 5.44. The average molecular weight is 258 g/mol. The third kappa shape index (κ3) is 6.28. The molecule has 0 heterocycles. The highest BCUT2D eigenvalue weighted by molar-refractivity contribution is 7.85. The molecule has 0 amide bonds. The molecule has 96 valence electrons. The fourth-order valence-corrected chi connectivity index (χ4v) is 1.97. The van der Waals surface area contributed by atoms with E-state index in [1.165, 1.54) is 5.56 Å². The molecule has 4 nitrogen and oxygen atoms in total. The quantitative estimate of drug-likeness (QED) is 0.602. The van der Waals surface area contributed by atoms with Crippen LogP contribution in [0.2, 0.25) is 0 Å². The molecule has 1 aromatic carbocycles. The summed E-state index contributed by atoms with van der Waals surface area (Å²) < 4.78 is 34.9. The van der Waals surface area contributed by atoms with Gasteiger partial charge in [-0.05, 0) is 37.0 Å². The third-order valence-corrected chi connectivity index (χ3v) is 3.20. The van der Waals surface area contributed by atoms with Gasteiger partial charge in [-0.15, -0.1) is 0 Å². The van der Waals surface area contributed by atoms with E-state index >= 15 is 0 Å². The van der Waals surface area contributed by atoms with Gasteiger partial charge in [0.2, 0.25) is 0 Å². The van der Waals surface area contributed by atoms with Gasteiger partial charge in [-0.3, -0.25) is 4.55 Å². The number of ether oxygens (including phenoxy) is 1. The molecule has 17 heavy (non-hydrogen) atoms. The second-order valence-corrected chi connectivity index (χ2v) is 5.41. The van der Waals surface area contributed by atoms with Crippen LogP contribution in [-0.2, 0) is 16.5 Å². The summed E-state index contributed by atoms with van der Waals surface area (Å²) in [6.07, 6.45) is 2.01. The maximum atomic E-state index is 10.4. The van der Waals surface area contributed by atoms with Gasteiger partial charge >= 0.3 is 0 Å². The number of hydrogen-bond donors (Lipinski definition) is 1. The second-order valence-electron chi connectivity index (χ2n) is 3.84. The highest BCUT2D eigenvalue weighted by atomic mass is 32.2. The van der Waals surface area contributed by atoms with Crippen molar-refractivity contribution in [3.05, 3.63) is 29.8 Å². The van der Waals surface area contributed by atoms with Crippen LogP contribution < -0.4 is 4.74 Å². The SMILES string of the molecule is CCc1ccc(OCCCCS(=O)(=O)O)cc1. The summed E-state index contributed by atoms with van der Waals surface area (Å²) in [7, 11) is -3.83. The van der Waals surface area contributed by atoms with E-state index in [0.29, 0.717) is 19.4 Å². The van der Waals surface area contributed by atoms with Crippen molar-refractivity contribution in [3.8, 4) is 5.75 Å². The molecule has 0 aliphatic carbocycles. The molecule has 1 N–H and O–H groups in total. The van der Waals surface area contributed by atoms with E-state index in [2.05, 4.69) is 6.92 Å². The first kappa shape index (κ1) is 14.0. The largest absolute Gasteiger partial charge is 0.494 e. The standard InChI is InChI=1S/C12H18O4S/c1-2-11-5-7-12(8-6-11)16-9-3-4-10-17(13,14)15/h5-8H,2-4,9-10H2,1H3,(H,13,14,15). The predicted octanol–water partition coefficient (Wildman–Crippen LogP) is 2.30. The van der Waals surface area contributed by atoms with E-state index in [9.17, 15) is 8.42 Å². The lowest BCUT2D eigenvalue weighted by atomic mass is 10.2. The minimum atomic E-state index is -3.83. The molecule has 0 aromatic heterocycles. The van der Waals surface area contributed by atoms with Gasteiger partial charge in [0, 0.05) is 0 Å². The van der Waals surface area contributed by atoms with Gasteiger partial charge in [-0.2, -0.15) is 8.42 Å². The van der Waals surface area contributed by atoms with Crippen LogP contribution in [0.15, 0.2) is 24.3 Å². The first-order valence-electron chi connectivity index (χ1n) is 5.68. The molecule has 1 aromatic rings. The topological polar surface area (TPSA) is 63.6 Å². The molecule has 0 aliphatic rings. The van der Waals surface area contributed by atoms with Crippen LogP contribution in [0.5, 0.6) is 5.75 Å². The zero-order valence-corrected chi connectivity index (χ0v) is 10.7. The molecule has 0 fully saturated rings. The lowest BCUT2D eigenvalue weighted by molar-refractivity contribution is 0.309. The molecule has 0 spiro atoms. The van der Waals surface area contributed by atoms with E-state index < -0.39 is 10.1 Å². The Morgan fingerprint density at radius 2 is 1.82 bits per heavy atom. The van der Waals surface area contributed by atoms with Crippen molar-refractivity contribution in [1.82, 2.24) is 0 Å². The van der Waals surface area contributed by atoms with Crippen LogP contribution in [0.3, 0.4) is 0 Å². The van der Waals surface area contributed by atoms with E-state index in [0.717, 1.165) is 12.2 Å². The highest BCUT2D eigenvalue weighted by Crippen LogP contribution is 2.12. The molecule has 1 rings (SSSR count). The van der Waals surface area contributed by atoms with Gasteiger partial charge in [0.1, 0.15) is 5.75 Å². The van der Waals surface area contributed by atoms with Crippen molar-refractivity contribution >= 4 is 10.1 Å². The molecular formula is C12H18O4S. The average Bonchev–Trinajstić information content (AvgIpc) is 2.28. The lowest BCUT2D eigenvalue weighted by Gasteiger charge is -2.06. The summed E-state index contributed by atoms with van der Waals surface area (Å²) in [5.41, 5.74) is 1.25. The molecular weight excluding hydrogens is 240 g/mol. The second kappa shape index (κ2) is 6.61. The zero-order valence-electron chi connectivity index (χ0n) is 9.93. The van der Waals surface area contributed by atoms with E-state index in [4.69, 9.17) is 9.29 Å². The number of rotatable bonds is 7. The van der Waals surface area contributed by atoms with E-state index in [-0.39, 0.29) is 5.75 Å². The Morgan fingerprint density at radius 3 is 2.35 bits per heavy atom. The van der Waals surface area contributed by atoms with Crippen LogP contribution in [0.25, 0.3) is 0 Å². The highest BCUT2D eigenvalue weighted by Gasteiger charge is 2.03. The molecule has 0 saturated heterocycles. The van der Waals surface area contributed by atoms with Gasteiger partial charge in [-0.1, -0.05) is 19.1 Å². The van der Waals surface area contributed by atoms with Crippen molar-refractivity contribution in [2.75, 3.05) is 12.4 Å².